The van der Waals surface area contributed by atoms with Crippen molar-refractivity contribution in [3.8, 4) is 5.75 Å². The first-order chi connectivity index (χ1) is 13.4. The molecule has 0 unspecified atom stereocenters. The van der Waals surface area contributed by atoms with Crippen LogP contribution in [0, 0.1) is 13.8 Å². The summed E-state index contributed by atoms with van der Waals surface area (Å²) in [7, 11) is 0. The molecule has 8 heteroatoms. The zero-order chi connectivity index (χ0) is 19.9. The van der Waals surface area contributed by atoms with E-state index in [9.17, 15) is 9.59 Å². The Morgan fingerprint density at radius 3 is 2.54 bits per heavy atom. The van der Waals surface area contributed by atoms with Crippen LogP contribution in [0.25, 0.3) is 11.0 Å². The Hall–Kier alpha value is -2.09. The van der Waals surface area contributed by atoms with Crippen molar-refractivity contribution in [2.45, 2.75) is 32.5 Å². The Morgan fingerprint density at radius 2 is 1.86 bits per heavy atom. The Bertz CT molecular complexity index is 969. The first-order valence-electron chi connectivity index (χ1n) is 9.31. The fraction of sp³-hybridized carbons (Fsp3) is 0.500. The molecule has 2 aliphatic heterocycles. The zero-order valence-corrected chi connectivity index (χ0v) is 16.6. The molecule has 3 heterocycles. The molecule has 2 aromatic rings. The number of likely N-dealkylation sites (tertiary alicyclic amines) is 1. The van der Waals surface area contributed by atoms with E-state index in [-0.39, 0.29) is 12.5 Å². The first-order valence-corrected chi connectivity index (χ1v) is 9.68. The van der Waals surface area contributed by atoms with Crippen LogP contribution in [0.3, 0.4) is 0 Å². The number of benzene rings is 1. The van der Waals surface area contributed by atoms with Gasteiger partial charge in [-0.2, -0.15) is 0 Å². The minimum atomic E-state index is -0.521. The summed E-state index contributed by atoms with van der Waals surface area (Å²) < 4.78 is 22.3. The lowest BCUT2D eigenvalue weighted by Crippen LogP contribution is -2.48. The standard InChI is InChI=1S/C20H22ClNO6/c1-12-13(2)19(24)28-16-10-17(15(21)9-14(12)16)25-11-18(23)22-5-3-20(4-6-22)26-7-8-27-20/h9-10H,3-8,11H2,1-2H3. The molecular weight excluding hydrogens is 386 g/mol. The summed E-state index contributed by atoms with van der Waals surface area (Å²) in [5.74, 6) is -0.345. The molecule has 1 amide bonds. The average molecular weight is 408 g/mol. The molecule has 2 fully saturated rings. The van der Waals surface area contributed by atoms with Crippen LogP contribution in [0.2, 0.25) is 5.02 Å². The Balaban J connectivity index is 1.44. The highest BCUT2D eigenvalue weighted by Gasteiger charge is 2.40. The third-order valence-corrected chi connectivity index (χ3v) is 5.85. The summed E-state index contributed by atoms with van der Waals surface area (Å²) in [5, 5.41) is 1.11. The molecule has 2 saturated heterocycles. The molecule has 0 radical (unpaired) electrons. The van der Waals surface area contributed by atoms with Gasteiger partial charge in [-0.05, 0) is 25.5 Å². The maximum atomic E-state index is 12.5. The normalized spacial score (nSPS) is 18.8. The van der Waals surface area contributed by atoms with Gasteiger partial charge in [0.2, 0.25) is 0 Å². The van der Waals surface area contributed by atoms with E-state index in [0.717, 1.165) is 10.9 Å². The van der Waals surface area contributed by atoms with Gasteiger partial charge in [0, 0.05) is 42.9 Å². The SMILES string of the molecule is Cc1c(C)c2cc(Cl)c(OCC(=O)N3CCC4(CC3)OCCO4)cc2oc1=O. The van der Waals surface area contributed by atoms with Crippen LogP contribution in [0.15, 0.2) is 21.3 Å². The average Bonchev–Trinajstić information content (AvgIpc) is 3.14. The van der Waals surface area contributed by atoms with E-state index < -0.39 is 11.4 Å². The molecule has 0 N–H and O–H groups in total. The fourth-order valence-corrected chi connectivity index (χ4v) is 3.89. The number of fused-ring (bicyclic) bond motifs is 1. The van der Waals surface area contributed by atoms with Crippen molar-refractivity contribution in [3.63, 3.8) is 0 Å². The number of ether oxygens (including phenoxy) is 3. The smallest absolute Gasteiger partial charge is 0.339 e. The highest BCUT2D eigenvalue weighted by atomic mass is 35.5. The number of rotatable bonds is 3. The minimum Gasteiger partial charge on any atom is -0.482 e. The Kier molecular flexibility index (Phi) is 5.07. The van der Waals surface area contributed by atoms with E-state index in [4.69, 9.17) is 30.2 Å². The fourth-order valence-electron chi connectivity index (χ4n) is 3.67. The van der Waals surface area contributed by atoms with Gasteiger partial charge < -0.3 is 23.5 Å². The molecule has 0 atom stereocenters. The monoisotopic (exact) mass is 407 g/mol. The molecule has 1 aromatic carbocycles. The lowest BCUT2D eigenvalue weighted by atomic mass is 10.0. The number of hydrogen-bond donors (Lipinski definition) is 0. The molecule has 150 valence electrons. The molecule has 4 rings (SSSR count). The first kappa shape index (κ1) is 19.2. The van der Waals surface area contributed by atoms with Crippen molar-refractivity contribution in [2.24, 2.45) is 0 Å². The van der Waals surface area contributed by atoms with Gasteiger partial charge >= 0.3 is 5.63 Å². The Morgan fingerprint density at radius 1 is 1.18 bits per heavy atom. The van der Waals surface area contributed by atoms with Gasteiger partial charge in [-0.15, -0.1) is 0 Å². The second kappa shape index (κ2) is 7.39. The second-order valence-electron chi connectivity index (χ2n) is 7.20. The van der Waals surface area contributed by atoms with Crippen LogP contribution in [-0.2, 0) is 14.3 Å². The molecule has 1 aromatic heterocycles. The van der Waals surface area contributed by atoms with Crippen molar-refractivity contribution in [2.75, 3.05) is 32.9 Å². The van der Waals surface area contributed by atoms with E-state index in [2.05, 4.69) is 0 Å². The van der Waals surface area contributed by atoms with Crippen molar-refractivity contribution in [3.05, 3.63) is 38.7 Å². The molecule has 7 nitrogen and oxygen atoms in total. The van der Waals surface area contributed by atoms with E-state index >= 15 is 0 Å². The van der Waals surface area contributed by atoms with Crippen LogP contribution in [0.1, 0.15) is 24.0 Å². The number of carbonyl (C=O) groups excluding carboxylic acids is 1. The highest BCUT2D eigenvalue weighted by Crippen LogP contribution is 2.33. The largest absolute Gasteiger partial charge is 0.482 e. The highest BCUT2D eigenvalue weighted by molar-refractivity contribution is 6.32. The number of aryl methyl sites for hydroxylation is 1. The van der Waals surface area contributed by atoms with E-state index in [1.165, 1.54) is 0 Å². The predicted molar refractivity (Wildman–Crippen MR) is 103 cm³/mol. The van der Waals surface area contributed by atoms with Crippen LogP contribution in [0.5, 0.6) is 5.75 Å². The van der Waals surface area contributed by atoms with E-state index in [1.807, 2.05) is 6.92 Å². The van der Waals surface area contributed by atoms with Gasteiger partial charge in [-0.25, -0.2) is 4.79 Å². The van der Waals surface area contributed by atoms with Crippen molar-refractivity contribution >= 4 is 28.5 Å². The van der Waals surface area contributed by atoms with Crippen LogP contribution in [-0.4, -0.2) is 49.5 Å². The van der Waals surface area contributed by atoms with Crippen molar-refractivity contribution in [1.29, 1.82) is 0 Å². The number of halogens is 1. The second-order valence-corrected chi connectivity index (χ2v) is 7.60. The van der Waals surface area contributed by atoms with E-state index in [1.54, 1.807) is 24.0 Å². The van der Waals surface area contributed by atoms with Gasteiger partial charge in [-0.1, -0.05) is 11.6 Å². The molecule has 1 spiro atoms. The number of piperidine rings is 1. The maximum Gasteiger partial charge on any atom is 0.339 e. The van der Waals surface area contributed by atoms with Gasteiger partial charge in [0.1, 0.15) is 11.3 Å². The topological polar surface area (TPSA) is 78.2 Å². The van der Waals surface area contributed by atoms with Crippen LogP contribution < -0.4 is 10.4 Å². The van der Waals surface area contributed by atoms with Crippen molar-refractivity contribution in [1.82, 2.24) is 4.90 Å². The molecule has 28 heavy (non-hydrogen) atoms. The summed E-state index contributed by atoms with van der Waals surface area (Å²) in [5.41, 5.74) is 1.35. The third kappa shape index (κ3) is 3.50. The van der Waals surface area contributed by atoms with Gasteiger partial charge in [0.15, 0.2) is 12.4 Å². The summed E-state index contributed by atoms with van der Waals surface area (Å²) in [6.45, 7) is 5.73. The quantitative estimate of drug-likeness (QED) is 0.728. The number of carbonyl (C=O) groups is 1. The van der Waals surface area contributed by atoms with Gasteiger partial charge in [0.05, 0.1) is 18.2 Å². The lowest BCUT2D eigenvalue weighted by molar-refractivity contribution is -0.187. The van der Waals surface area contributed by atoms with E-state index in [0.29, 0.717) is 61.1 Å². The zero-order valence-electron chi connectivity index (χ0n) is 15.9. The molecule has 0 bridgehead atoms. The summed E-state index contributed by atoms with van der Waals surface area (Å²) in [6.07, 6.45) is 1.30. The minimum absolute atomic E-state index is 0.134. The van der Waals surface area contributed by atoms with Crippen LogP contribution >= 0.6 is 11.6 Å². The van der Waals surface area contributed by atoms with Gasteiger partial charge in [-0.3, -0.25) is 4.79 Å². The Labute approximate surface area is 167 Å². The molecule has 0 aliphatic carbocycles. The van der Waals surface area contributed by atoms with Crippen LogP contribution in [0.4, 0.5) is 0 Å². The molecule has 2 aliphatic rings. The number of hydrogen-bond acceptors (Lipinski definition) is 6. The molecule has 0 saturated carbocycles. The summed E-state index contributed by atoms with van der Waals surface area (Å²) in [4.78, 5) is 26.1. The summed E-state index contributed by atoms with van der Waals surface area (Å²) >= 11 is 6.32. The summed E-state index contributed by atoms with van der Waals surface area (Å²) in [6, 6.07) is 3.26. The van der Waals surface area contributed by atoms with Gasteiger partial charge in [0.25, 0.3) is 5.91 Å². The maximum absolute atomic E-state index is 12.5. The number of nitrogens with zero attached hydrogens (tertiary/aromatic N) is 1. The molecular formula is C20H22ClNO6. The lowest BCUT2D eigenvalue weighted by Gasteiger charge is -2.37. The third-order valence-electron chi connectivity index (χ3n) is 5.55. The van der Waals surface area contributed by atoms with Crippen molar-refractivity contribution < 1.29 is 23.4 Å². The number of amides is 1. The predicted octanol–water partition coefficient (Wildman–Crippen LogP) is 2.81.